The Balaban J connectivity index is 2.46. The molecule has 0 radical (unpaired) electrons. The van der Waals surface area contributed by atoms with Gasteiger partial charge >= 0.3 is 0 Å². The van der Waals surface area contributed by atoms with Crippen LogP contribution in [-0.2, 0) is 4.79 Å². The van der Waals surface area contributed by atoms with Crippen LogP contribution in [0.4, 0.5) is 0 Å². The molecule has 3 heteroatoms. The van der Waals surface area contributed by atoms with Crippen LogP contribution < -0.4 is 5.73 Å². The van der Waals surface area contributed by atoms with Gasteiger partial charge in [0.25, 0.3) is 0 Å². The van der Waals surface area contributed by atoms with E-state index in [1.54, 1.807) is 0 Å². The zero-order chi connectivity index (χ0) is 10.6. The molecule has 2 N–H and O–H groups in total. The van der Waals surface area contributed by atoms with Crippen molar-refractivity contribution in [1.29, 1.82) is 0 Å². The van der Waals surface area contributed by atoms with E-state index in [0.717, 1.165) is 25.9 Å². The highest BCUT2D eigenvalue weighted by atomic mass is 16.2. The summed E-state index contributed by atoms with van der Waals surface area (Å²) in [6.07, 6.45) is 3.94. The highest BCUT2D eigenvalue weighted by molar-refractivity contribution is 5.78. The van der Waals surface area contributed by atoms with Crippen LogP contribution in [0.3, 0.4) is 0 Å². The molecular weight excluding hydrogens is 176 g/mol. The molecule has 14 heavy (non-hydrogen) atoms. The third kappa shape index (κ3) is 2.84. The van der Waals surface area contributed by atoms with Gasteiger partial charge in [-0.15, -0.1) is 0 Å². The lowest BCUT2D eigenvalue weighted by Gasteiger charge is -2.28. The number of amides is 1. The minimum Gasteiger partial charge on any atom is -0.338 e. The van der Waals surface area contributed by atoms with Gasteiger partial charge in [0.15, 0.2) is 0 Å². The standard InChI is InChI=1S/C11H20N2O/c1-9-4-7-13(8-5-9)11(14)10(2)3-6-12/h4,10H,3,5-8,12H2,1-2H3. The SMILES string of the molecule is CC1=CCN(C(=O)C(C)CCN)CC1. The molecule has 0 saturated carbocycles. The van der Waals surface area contributed by atoms with Crippen LogP contribution in [0.5, 0.6) is 0 Å². The predicted molar refractivity (Wildman–Crippen MR) is 57.8 cm³/mol. The molecule has 1 amide bonds. The Morgan fingerprint density at radius 1 is 1.71 bits per heavy atom. The van der Waals surface area contributed by atoms with Gasteiger partial charge in [0.2, 0.25) is 5.91 Å². The Morgan fingerprint density at radius 3 is 2.93 bits per heavy atom. The lowest BCUT2D eigenvalue weighted by atomic mass is 10.0. The molecule has 0 aromatic heterocycles. The van der Waals surface area contributed by atoms with Gasteiger partial charge in [-0.3, -0.25) is 4.79 Å². The van der Waals surface area contributed by atoms with Gasteiger partial charge in [-0.1, -0.05) is 18.6 Å². The Bertz CT molecular complexity index is 235. The van der Waals surface area contributed by atoms with Gasteiger partial charge < -0.3 is 10.6 Å². The Morgan fingerprint density at radius 2 is 2.43 bits per heavy atom. The van der Waals surface area contributed by atoms with Gasteiger partial charge in [-0.25, -0.2) is 0 Å². The zero-order valence-corrected chi connectivity index (χ0v) is 9.12. The first-order valence-corrected chi connectivity index (χ1v) is 5.29. The van der Waals surface area contributed by atoms with E-state index in [9.17, 15) is 4.79 Å². The monoisotopic (exact) mass is 196 g/mol. The van der Waals surface area contributed by atoms with E-state index in [1.165, 1.54) is 5.57 Å². The molecule has 0 spiro atoms. The molecule has 3 nitrogen and oxygen atoms in total. The number of carbonyl (C=O) groups excluding carboxylic acids is 1. The third-order valence-electron chi connectivity index (χ3n) is 2.77. The average molecular weight is 196 g/mol. The zero-order valence-electron chi connectivity index (χ0n) is 9.12. The summed E-state index contributed by atoms with van der Waals surface area (Å²) in [7, 11) is 0. The van der Waals surface area contributed by atoms with Crippen LogP contribution in [0.1, 0.15) is 26.7 Å². The third-order valence-corrected chi connectivity index (χ3v) is 2.77. The normalized spacial score (nSPS) is 19.1. The fraction of sp³-hybridized carbons (Fsp3) is 0.727. The molecule has 0 saturated heterocycles. The number of hydrogen-bond donors (Lipinski definition) is 1. The van der Waals surface area contributed by atoms with Crippen molar-refractivity contribution in [2.24, 2.45) is 11.7 Å². The second kappa shape index (κ2) is 5.15. The molecule has 1 atom stereocenters. The van der Waals surface area contributed by atoms with Crippen LogP contribution >= 0.6 is 0 Å². The molecule has 1 aliphatic heterocycles. The maximum Gasteiger partial charge on any atom is 0.225 e. The summed E-state index contributed by atoms with van der Waals surface area (Å²) < 4.78 is 0. The lowest BCUT2D eigenvalue weighted by molar-refractivity contribution is -0.134. The van der Waals surface area contributed by atoms with Gasteiger partial charge in [-0.2, -0.15) is 0 Å². The highest BCUT2D eigenvalue weighted by Crippen LogP contribution is 2.13. The number of nitrogens with two attached hydrogens (primary N) is 1. The van der Waals surface area contributed by atoms with Gasteiger partial charge in [-0.05, 0) is 26.3 Å². The summed E-state index contributed by atoms with van der Waals surface area (Å²) in [6.45, 7) is 6.32. The van der Waals surface area contributed by atoms with E-state index in [4.69, 9.17) is 5.73 Å². The van der Waals surface area contributed by atoms with E-state index in [0.29, 0.717) is 6.54 Å². The predicted octanol–water partition coefficient (Wildman–Crippen LogP) is 1.15. The average Bonchev–Trinajstić information content (AvgIpc) is 2.18. The van der Waals surface area contributed by atoms with E-state index in [1.807, 2.05) is 11.8 Å². The van der Waals surface area contributed by atoms with Crippen molar-refractivity contribution in [3.8, 4) is 0 Å². The second-order valence-electron chi connectivity index (χ2n) is 4.06. The van der Waals surface area contributed by atoms with Crippen molar-refractivity contribution in [3.63, 3.8) is 0 Å². The second-order valence-corrected chi connectivity index (χ2v) is 4.06. The molecule has 0 aliphatic carbocycles. The number of nitrogens with zero attached hydrogens (tertiary/aromatic N) is 1. The molecule has 1 unspecified atom stereocenters. The van der Waals surface area contributed by atoms with Crippen LogP contribution in [0.15, 0.2) is 11.6 Å². The molecule has 1 heterocycles. The maximum atomic E-state index is 11.8. The smallest absolute Gasteiger partial charge is 0.225 e. The Kier molecular flexibility index (Phi) is 4.14. The molecule has 80 valence electrons. The summed E-state index contributed by atoms with van der Waals surface area (Å²) in [5.74, 6) is 0.325. The van der Waals surface area contributed by atoms with Crippen molar-refractivity contribution in [2.75, 3.05) is 19.6 Å². The number of carbonyl (C=O) groups is 1. The first kappa shape index (κ1) is 11.2. The largest absolute Gasteiger partial charge is 0.338 e. The van der Waals surface area contributed by atoms with Crippen molar-refractivity contribution in [3.05, 3.63) is 11.6 Å². The van der Waals surface area contributed by atoms with Crippen LogP contribution in [0.25, 0.3) is 0 Å². The van der Waals surface area contributed by atoms with Crippen molar-refractivity contribution >= 4 is 5.91 Å². The molecule has 0 aromatic carbocycles. The van der Waals surface area contributed by atoms with Gasteiger partial charge in [0, 0.05) is 19.0 Å². The van der Waals surface area contributed by atoms with E-state index < -0.39 is 0 Å². The minimum atomic E-state index is 0.0757. The fourth-order valence-electron chi connectivity index (χ4n) is 1.66. The summed E-state index contributed by atoms with van der Waals surface area (Å²) >= 11 is 0. The quantitative estimate of drug-likeness (QED) is 0.688. The van der Waals surface area contributed by atoms with Crippen molar-refractivity contribution in [1.82, 2.24) is 4.90 Å². The summed E-state index contributed by atoms with van der Waals surface area (Å²) in [5.41, 5.74) is 6.83. The molecule has 1 aliphatic rings. The topological polar surface area (TPSA) is 46.3 Å². The maximum absolute atomic E-state index is 11.8. The van der Waals surface area contributed by atoms with Crippen LogP contribution in [0.2, 0.25) is 0 Å². The summed E-state index contributed by atoms with van der Waals surface area (Å²) in [6, 6.07) is 0. The first-order valence-electron chi connectivity index (χ1n) is 5.29. The van der Waals surface area contributed by atoms with Crippen molar-refractivity contribution < 1.29 is 4.79 Å². The van der Waals surface area contributed by atoms with E-state index in [2.05, 4.69) is 13.0 Å². The van der Waals surface area contributed by atoms with Gasteiger partial charge in [0.05, 0.1) is 0 Å². The van der Waals surface area contributed by atoms with Crippen LogP contribution in [0, 0.1) is 5.92 Å². The van der Waals surface area contributed by atoms with Crippen LogP contribution in [-0.4, -0.2) is 30.4 Å². The van der Waals surface area contributed by atoms with Crippen molar-refractivity contribution in [2.45, 2.75) is 26.7 Å². The Labute approximate surface area is 86.0 Å². The highest BCUT2D eigenvalue weighted by Gasteiger charge is 2.20. The summed E-state index contributed by atoms with van der Waals surface area (Å²) in [5, 5.41) is 0. The molecular formula is C11H20N2O. The Hall–Kier alpha value is -0.830. The number of hydrogen-bond acceptors (Lipinski definition) is 2. The summed E-state index contributed by atoms with van der Waals surface area (Å²) in [4.78, 5) is 13.8. The molecule has 0 fully saturated rings. The number of rotatable bonds is 3. The van der Waals surface area contributed by atoms with Gasteiger partial charge in [0.1, 0.15) is 0 Å². The molecule has 0 aromatic rings. The molecule has 1 rings (SSSR count). The van der Waals surface area contributed by atoms with E-state index >= 15 is 0 Å². The lowest BCUT2D eigenvalue weighted by Crippen LogP contribution is -2.38. The minimum absolute atomic E-state index is 0.0757. The fourth-order valence-corrected chi connectivity index (χ4v) is 1.66. The van der Waals surface area contributed by atoms with E-state index in [-0.39, 0.29) is 11.8 Å². The molecule has 0 bridgehead atoms. The first-order chi connectivity index (χ1) is 6.65.